The lowest BCUT2D eigenvalue weighted by Crippen LogP contribution is -2.30. The quantitative estimate of drug-likeness (QED) is 0.0347. The first-order valence-corrected chi connectivity index (χ1v) is 25.8. The molecule has 0 aliphatic rings. The molecule has 1 unspecified atom stereocenters. The van der Waals surface area contributed by atoms with Crippen LogP contribution in [0.15, 0.2) is 60.8 Å². The first kappa shape index (κ1) is 57.6. The Morgan fingerprint density at radius 1 is 0.383 bits per heavy atom. The number of hydrogen-bond donors (Lipinski definition) is 0. The van der Waals surface area contributed by atoms with Gasteiger partial charge in [0.2, 0.25) is 0 Å². The number of allylic oxidation sites excluding steroid dienone is 10. The lowest BCUT2D eigenvalue weighted by Gasteiger charge is -2.18. The predicted molar refractivity (Wildman–Crippen MR) is 261 cm³/mol. The average Bonchev–Trinajstić information content (AvgIpc) is 3.25. The SMILES string of the molecule is CC/C=C\C/C=C\C/C=C\CCCCCC(=O)OC(COCCCCCCCC/C=C\C/C=C\CCCCC)COC(=O)CCCCCCCCCCCCCCCCC. The highest BCUT2D eigenvalue weighted by Gasteiger charge is 2.17. The van der Waals surface area contributed by atoms with Crippen molar-refractivity contribution >= 4 is 11.9 Å². The second-order valence-corrected chi connectivity index (χ2v) is 17.0. The maximum absolute atomic E-state index is 12.8. The average molecular weight is 839 g/mol. The van der Waals surface area contributed by atoms with E-state index in [0.29, 0.717) is 19.4 Å². The largest absolute Gasteiger partial charge is 0.462 e. The van der Waals surface area contributed by atoms with E-state index in [1.165, 1.54) is 141 Å². The zero-order chi connectivity index (χ0) is 43.5. The van der Waals surface area contributed by atoms with Gasteiger partial charge in [-0.1, -0.05) is 216 Å². The molecule has 0 aromatic heterocycles. The lowest BCUT2D eigenvalue weighted by atomic mass is 10.0. The summed E-state index contributed by atoms with van der Waals surface area (Å²) in [5, 5.41) is 0. The minimum absolute atomic E-state index is 0.0706. The fourth-order valence-corrected chi connectivity index (χ4v) is 7.20. The van der Waals surface area contributed by atoms with Crippen molar-refractivity contribution in [1.29, 1.82) is 0 Å². The molecular weight excluding hydrogens is 741 g/mol. The summed E-state index contributed by atoms with van der Waals surface area (Å²) in [7, 11) is 0. The monoisotopic (exact) mass is 839 g/mol. The van der Waals surface area contributed by atoms with Gasteiger partial charge >= 0.3 is 11.9 Å². The third kappa shape index (κ3) is 48.3. The van der Waals surface area contributed by atoms with E-state index in [9.17, 15) is 9.59 Å². The zero-order valence-corrected chi connectivity index (χ0v) is 40.0. The number of carbonyl (C=O) groups is 2. The van der Waals surface area contributed by atoms with Crippen LogP contribution in [0.4, 0.5) is 0 Å². The Labute approximate surface area is 373 Å². The van der Waals surface area contributed by atoms with Crippen LogP contribution < -0.4 is 0 Å². The van der Waals surface area contributed by atoms with Crippen LogP contribution in [0.5, 0.6) is 0 Å². The summed E-state index contributed by atoms with van der Waals surface area (Å²) in [5.74, 6) is -0.429. The number of esters is 2. The molecule has 0 aromatic rings. The summed E-state index contributed by atoms with van der Waals surface area (Å²) in [6.45, 7) is 7.66. The van der Waals surface area contributed by atoms with Gasteiger partial charge in [0.25, 0.3) is 0 Å². The molecule has 5 heteroatoms. The Morgan fingerprint density at radius 3 is 1.25 bits per heavy atom. The van der Waals surface area contributed by atoms with E-state index in [-0.39, 0.29) is 25.2 Å². The molecule has 0 saturated carbocycles. The molecule has 0 N–H and O–H groups in total. The third-order valence-electron chi connectivity index (χ3n) is 11.0. The molecule has 5 nitrogen and oxygen atoms in total. The van der Waals surface area contributed by atoms with Crippen molar-refractivity contribution in [3.8, 4) is 0 Å². The highest BCUT2D eigenvalue weighted by atomic mass is 16.6. The maximum atomic E-state index is 12.8. The van der Waals surface area contributed by atoms with Crippen LogP contribution in [0.3, 0.4) is 0 Å². The van der Waals surface area contributed by atoms with Gasteiger partial charge in [0.1, 0.15) is 6.61 Å². The van der Waals surface area contributed by atoms with E-state index < -0.39 is 6.10 Å². The van der Waals surface area contributed by atoms with Gasteiger partial charge < -0.3 is 14.2 Å². The fourth-order valence-electron chi connectivity index (χ4n) is 7.20. The molecule has 0 amide bonds. The van der Waals surface area contributed by atoms with E-state index in [2.05, 4.69) is 81.5 Å². The van der Waals surface area contributed by atoms with Crippen LogP contribution in [-0.2, 0) is 23.8 Å². The van der Waals surface area contributed by atoms with Crippen LogP contribution >= 0.6 is 0 Å². The van der Waals surface area contributed by atoms with Gasteiger partial charge in [-0.05, 0) is 83.5 Å². The van der Waals surface area contributed by atoms with Crippen LogP contribution in [-0.4, -0.2) is 37.9 Å². The lowest BCUT2D eigenvalue weighted by molar-refractivity contribution is -0.163. The Morgan fingerprint density at radius 2 is 0.750 bits per heavy atom. The molecule has 0 aliphatic heterocycles. The van der Waals surface area contributed by atoms with Gasteiger partial charge in [-0.3, -0.25) is 9.59 Å². The predicted octanol–water partition coefficient (Wildman–Crippen LogP) is 17.3. The smallest absolute Gasteiger partial charge is 0.306 e. The normalized spacial score (nSPS) is 12.7. The topological polar surface area (TPSA) is 61.8 Å². The number of rotatable bonds is 47. The van der Waals surface area contributed by atoms with Crippen LogP contribution in [0, 0.1) is 0 Å². The summed E-state index contributed by atoms with van der Waals surface area (Å²) in [6, 6.07) is 0. The van der Waals surface area contributed by atoms with Gasteiger partial charge in [0.15, 0.2) is 6.10 Å². The molecular formula is C55H98O5. The van der Waals surface area contributed by atoms with Gasteiger partial charge in [-0.15, -0.1) is 0 Å². The van der Waals surface area contributed by atoms with E-state index in [1.54, 1.807) is 0 Å². The minimum Gasteiger partial charge on any atom is -0.462 e. The Kier molecular flexibility index (Phi) is 48.9. The Hall–Kier alpha value is -2.40. The van der Waals surface area contributed by atoms with Crippen LogP contribution in [0.25, 0.3) is 0 Å². The highest BCUT2D eigenvalue weighted by molar-refractivity contribution is 5.70. The second kappa shape index (κ2) is 51.0. The number of carbonyl (C=O) groups excluding carboxylic acids is 2. The number of hydrogen-bond acceptors (Lipinski definition) is 5. The van der Waals surface area contributed by atoms with E-state index in [0.717, 1.165) is 77.0 Å². The number of ether oxygens (including phenoxy) is 3. The van der Waals surface area contributed by atoms with E-state index in [1.807, 2.05) is 0 Å². The van der Waals surface area contributed by atoms with Crippen molar-refractivity contribution < 1.29 is 23.8 Å². The minimum atomic E-state index is -0.555. The molecule has 348 valence electrons. The van der Waals surface area contributed by atoms with Crippen LogP contribution in [0.2, 0.25) is 0 Å². The Bertz CT molecular complexity index is 1040. The van der Waals surface area contributed by atoms with Crippen molar-refractivity contribution in [3.05, 3.63) is 60.8 Å². The molecule has 1 atom stereocenters. The fraction of sp³-hybridized carbons (Fsp3) is 0.782. The van der Waals surface area contributed by atoms with Gasteiger partial charge in [0.05, 0.1) is 6.61 Å². The summed E-state index contributed by atoms with van der Waals surface area (Å²) in [5.41, 5.74) is 0. The summed E-state index contributed by atoms with van der Waals surface area (Å²) < 4.78 is 17.4. The molecule has 0 radical (unpaired) electrons. The van der Waals surface area contributed by atoms with Crippen molar-refractivity contribution in [2.45, 2.75) is 258 Å². The number of unbranched alkanes of at least 4 members (excludes halogenated alkanes) is 26. The summed E-state index contributed by atoms with van der Waals surface area (Å²) in [6.07, 6.45) is 63.7. The summed E-state index contributed by atoms with van der Waals surface area (Å²) in [4.78, 5) is 25.4. The standard InChI is InChI=1S/C55H98O5/c1-4-7-10-13-16-19-22-25-27-29-32-35-38-41-44-47-50-58-51-53(60-55(57)49-46-43-40-37-34-30-24-21-18-15-12-9-6-3)52-59-54(56)48-45-42-39-36-33-31-28-26-23-20-17-14-11-8-5-2/h9,12,16,18-19,21,25,27,30,34,53H,4-8,10-11,13-15,17,20,22-24,26,28-29,31-33,35-52H2,1-3H3/b12-9-,19-16-,21-18-,27-25-,34-30-. The molecule has 0 aromatic carbocycles. The molecule has 0 heterocycles. The highest BCUT2D eigenvalue weighted by Crippen LogP contribution is 2.15. The first-order chi connectivity index (χ1) is 29.6. The van der Waals surface area contributed by atoms with E-state index in [4.69, 9.17) is 14.2 Å². The molecule has 0 saturated heterocycles. The molecule has 0 rings (SSSR count). The third-order valence-corrected chi connectivity index (χ3v) is 11.0. The van der Waals surface area contributed by atoms with Crippen molar-refractivity contribution in [1.82, 2.24) is 0 Å². The van der Waals surface area contributed by atoms with E-state index >= 15 is 0 Å². The Balaban J connectivity index is 4.30. The summed E-state index contributed by atoms with van der Waals surface area (Å²) >= 11 is 0. The van der Waals surface area contributed by atoms with Gasteiger partial charge in [-0.25, -0.2) is 0 Å². The maximum Gasteiger partial charge on any atom is 0.306 e. The van der Waals surface area contributed by atoms with Crippen molar-refractivity contribution in [3.63, 3.8) is 0 Å². The molecule has 0 fully saturated rings. The van der Waals surface area contributed by atoms with Gasteiger partial charge in [-0.2, -0.15) is 0 Å². The van der Waals surface area contributed by atoms with Crippen LogP contribution in [0.1, 0.15) is 252 Å². The zero-order valence-electron chi connectivity index (χ0n) is 40.0. The molecule has 60 heavy (non-hydrogen) atoms. The first-order valence-electron chi connectivity index (χ1n) is 25.8. The van der Waals surface area contributed by atoms with Crippen molar-refractivity contribution in [2.75, 3.05) is 19.8 Å². The van der Waals surface area contributed by atoms with Gasteiger partial charge in [0, 0.05) is 19.4 Å². The molecule has 0 spiro atoms. The second-order valence-electron chi connectivity index (χ2n) is 17.0. The molecule has 0 bridgehead atoms. The molecule has 0 aliphatic carbocycles. The van der Waals surface area contributed by atoms with Crippen molar-refractivity contribution in [2.24, 2.45) is 0 Å².